The number of pyridine rings is 1. The van der Waals surface area contributed by atoms with Crippen LogP contribution in [0.2, 0.25) is 0 Å². The topological polar surface area (TPSA) is 109 Å². The van der Waals surface area contributed by atoms with E-state index in [2.05, 4.69) is 42.7 Å². The van der Waals surface area contributed by atoms with Gasteiger partial charge >= 0.3 is 0 Å². The highest BCUT2D eigenvalue weighted by Crippen LogP contribution is 2.27. The summed E-state index contributed by atoms with van der Waals surface area (Å²) in [5.41, 5.74) is 4.04. The Hall–Kier alpha value is -4.70. The largest absolute Gasteiger partial charge is 0.335 e. The Bertz CT molecular complexity index is 1480. The van der Waals surface area contributed by atoms with Crippen molar-refractivity contribution in [3.05, 3.63) is 101 Å². The van der Waals surface area contributed by atoms with Crippen LogP contribution in [0.3, 0.4) is 0 Å². The molecule has 0 radical (unpaired) electrons. The number of nitrogens with zero attached hydrogens (tertiary/aromatic N) is 7. The van der Waals surface area contributed by atoms with E-state index < -0.39 is 0 Å². The Morgan fingerprint density at radius 2 is 1.67 bits per heavy atom. The maximum atomic E-state index is 13.3. The van der Waals surface area contributed by atoms with Gasteiger partial charge in [-0.25, -0.2) is 0 Å². The van der Waals surface area contributed by atoms with Crippen LogP contribution in [0.25, 0.3) is 12.2 Å². The summed E-state index contributed by atoms with van der Waals surface area (Å²) in [7, 11) is 1.76. The van der Waals surface area contributed by atoms with Gasteiger partial charge in [-0.2, -0.15) is 4.80 Å². The molecule has 0 bridgehead atoms. The molecule has 4 aromatic rings. The highest BCUT2D eigenvalue weighted by Gasteiger charge is 2.31. The van der Waals surface area contributed by atoms with Crippen LogP contribution in [-0.2, 0) is 11.8 Å². The first-order chi connectivity index (χ1) is 19.0. The molecule has 0 saturated carbocycles. The van der Waals surface area contributed by atoms with Crippen molar-refractivity contribution < 1.29 is 9.59 Å². The van der Waals surface area contributed by atoms with Crippen molar-refractivity contribution in [1.29, 1.82) is 0 Å². The van der Waals surface area contributed by atoms with E-state index in [-0.39, 0.29) is 17.9 Å². The van der Waals surface area contributed by atoms with Gasteiger partial charge < -0.3 is 10.2 Å². The minimum absolute atomic E-state index is 0.0913. The number of aryl methyl sites for hydroxylation is 1. The van der Waals surface area contributed by atoms with Gasteiger partial charge in [0.25, 0.3) is 5.91 Å². The number of tetrazole rings is 1. The SMILES string of the molecule is CC(=O)Nc1cccc(/C=C/c2ccnc(C(=O)N3CCN(C(c4ccccc4)c4nnn(C)n4)CC3)c2)c1. The summed E-state index contributed by atoms with van der Waals surface area (Å²) in [6.45, 7) is 3.97. The quantitative estimate of drug-likeness (QED) is 0.397. The van der Waals surface area contributed by atoms with Gasteiger partial charge in [0.05, 0.1) is 13.1 Å². The number of benzene rings is 2. The summed E-state index contributed by atoms with van der Waals surface area (Å²) < 4.78 is 0. The molecular formula is C29H30N8O2. The summed E-state index contributed by atoms with van der Waals surface area (Å²) in [4.78, 5) is 34.6. The third kappa shape index (κ3) is 6.42. The molecule has 10 heteroatoms. The van der Waals surface area contributed by atoms with Gasteiger partial charge in [0, 0.05) is 45.0 Å². The fourth-order valence-corrected chi connectivity index (χ4v) is 4.70. The lowest BCUT2D eigenvalue weighted by atomic mass is 10.0. The normalized spacial score (nSPS) is 14.9. The zero-order valence-corrected chi connectivity index (χ0v) is 21.9. The molecule has 2 amide bonds. The van der Waals surface area contributed by atoms with Crippen LogP contribution in [0.4, 0.5) is 5.69 Å². The van der Waals surface area contributed by atoms with E-state index in [1.54, 1.807) is 19.3 Å². The molecule has 0 aliphatic carbocycles. The van der Waals surface area contributed by atoms with E-state index in [0.29, 0.717) is 37.7 Å². The lowest BCUT2D eigenvalue weighted by Gasteiger charge is -2.38. The van der Waals surface area contributed by atoms with Crippen molar-refractivity contribution in [2.45, 2.75) is 13.0 Å². The number of aromatic nitrogens is 5. The van der Waals surface area contributed by atoms with E-state index in [1.165, 1.54) is 11.7 Å². The summed E-state index contributed by atoms with van der Waals surface area (Å²) in [6, 6.07) is 21.2. The van der Waals surface area contributed by atoms with Gasteiger partial charge in [0.2, 0.25) is 5.91 Å². The van der Waals surface area contributed by atoms with Crippen LogP contribution < -0.4 is 5.32 Å². The molecule has 1 atom stereocenters. The zero-order chi connectivity index (χ0) is 27.2. The Morgan fingerprint density at radius 3 is 2.36 bits per heavy atom. The second-order valence-corrected chi connectivity index (χ2v) is 9.39. The van der Waals surface area contributed by atoms with Crippen LogP contribution in [0.15, 0.2) is 72.9 Å². The highest BCUT2D eigenvalue weighted by atomic mass is 16.2. The molecule has 2 aromatic heterocycles. The minimum Gasteiger partial charge on any atom is -0.335 e. The molecule has 1 unspecified atom stereocenters. The Balaban J connectivity index is 1.25. The second kappa shape index (κ2) is 11.8. The van der Waals surface area contributed by atoms with Gasteiger partial charge in [-0.1, -0.05) is 54.6 Å². The molecule has 1 N–H and O–H groups in total. The second-order valence-electron chi connectivity index (χ2n) is 9.39. The number of rotatable bonds is 7. The molecule has 1 saturated heterocycles. The lowest BCUT2D eigenvalue weighted by molar-refractivity contribution is -0.114. The Kier molecular flexibility index (Phi) is 7.83. The van der Waals surface area contributed by atoms with Crippen LogP contribution in [0.1, 0.15) is 46.0 Å². The number of anilines is 1. The fourth-order valence-electron chi connectivity index (χ4n) is 4.70. The maximum absolute atomic E-state index is 13.3. The molecule has 10 nitrogen and oxygen atoms in total. The summed E-state index contributed by atoms with van der Waals surface area (Å²) in [5, 5.41) is 15.6. The molecule has 39 heavy (non-hydrogen) atoms. The molecule has 1 fully saturated rings. The first-order valence-electron chi connectivity index (χ1n) is 12.8. The minimum atomic E-state index is -0.132. The molecule has 198 valence electrons. The van der Waals surface area contributed by atoms with Crippen LogP contribution in [-0.4, -0.2) is 73.0 Å². The van der Waals surface area contributed by atoms with Crippen molar-refractivity contribution in [3.63, 3.8) is 0 Å². The Morgan fingerprint density at radius 1 is 0.923 bits per heavy atom. The standard InChI is InChI=1S/C29H30N8O2/c1-21(38)31-25-10-6-7-22(19-25)11-12-23-13-14-30-26(20-23)29(39)37-17-15-36(16-18-37)27(24-8-4-3-5-9-24)28-32-34-35(2)33-28/h3-14,19-20,27H,15-18H2,1-2H3,(H,31,38)/b12-11+. The van der Waals surface area contributed by atoms with E-state index in [0.717, 1.165) is 22.4 Å². The summed E-state index contributed by atoms with van der Waals surface area (Å²) in [5.74, 6) is 0.439. The van der Waals surface area contributed by atoms with E-state index in [1.807, 2.05) is 65.6 Å². The van der Waals surface area contributed by atoms with Crippen molar-refractivity contribution in [3.8, 4) is 0 Å². The number of amides is 2. The molecule has 1 aliphatic heterocycles. The van der Waals surface area contributed by atoms with Gasteiger partial charge in [-0.3, -0.25) is 19.5 Å². The molecule has 1 aliphatic rings. The van der Waals surface area contributed by atoms with Crippen LogP contribution in [0.5, 0.6) is 0 Å². The number of nitrogens with one attached hydrogen (secondary N) is 1. The van der Waals surface area contributed by atoms with Crippen molar-refractivity contribution >= 4 is 29.7 Å². The molecule has 2 aromatic carbocycles. The van der Waals surface area contributed by atoms with Gasteiger partial charge in [-0.15, -0.1) is 10.2 Å². The monoisotopic (exact) mass is 522 g/mol. The first kappa shape index (κ1) is 25.9. The number of hydrogen-bond donors (Lipinski definition) is 1. The summed E-state index contributed by atoms with van der Waals surface area (Å²) >= 11 is 0. The number of carbonyl (C=O) groups excluding carboxylic acids is 2. The first-order valence-corrected chi connectivity index (χ1v) is 12.8. The van der Waals surface area contributed by atoms with Crippen LogP contribution >= 0.6 is 0 Å². The van der Waals surface area contributed by atoms with Crippen molar-refractivity contribution in [2.24, 2.45) is 7.05 Å². The third-order valence-corrected chi connectivity index (χ3v) is 6.53. The lowest BCUT2D eigenvalue weighted by Crippen LogP contribution is -2.50. The predicted octanol–water partition coefficient (Wildman–Crippen LogP) is 3.28. The Labute approximate surface area is 227 Å². The highest BCUT2D eigenvalue weighted by molar-refractivity contribution is 5.93. The maximum Gasteiger partial charge on any atom is 0.272 e. The smallest absolute Gasteiger partial charge is 0.272 e. The molecule has 3 heterocycles. The van der Waals surface area contributed by atoms with E-state index in [4.69, 9.17) is 0 Å². The zero-order valence-electron chi connectivity index (χ0n) is 21.9. The number of piperazine rings is 1. The third-order valence-electron chi connectivity index (χ3n) is 6.53. The predicted molar refractivity (Wildman–Crippen MR) is 148 cm³/mol. The van der Waals surface area contributed by atoms with Crippen molar-refractivity contribution in [2.75, 3.05) is 31.5 Å². The molecule has 0 spiro atoms. The number of hydrogen-bond acceptors (Lipinski definition) is 7. The van der Waals surface area contributed by atoms with Gasteiger partial charge in [0.15, 0.2) is 5.82 Å². The van der Waals surface area contributed by atoms with Gasteiger partial charge in [0.1, 0.15) is 5.69 Å². The van der Waals surface area contributed by atoms with Crippen molar-refractivity contribution in [1.82, 2.24) is 35.0 Å². The average Bonchev–Trinajstić information content (AvgIpc) is 3.38. The average molecular weight is 523 g/mol. The summed E-state index contributed by atoms with van der Waals surface area (Å²) in [6.07, 6.45) is 5.53. The molecule has 5 rings (SSSR count). The van der Waals surface area contributed by atoms with E-state index in [9.17, 15) is 9.59 Å². The molecular weight excluding hydrogens is 492 g/mol. The number of carbonyl (C=O) groups is 2. The van der Waals surface area contributed by atoms with Crippen LogP contribution in [0, 0.1) is 0 Å². The fraction of sp³-hybridized carbons (Fsp3) is 0.241. The van der Waals surface area contributed by atoms with Gasteiger partial charge in [-0.05, 0) is 46.2 Å². The van der Waals surface area contributed by atoms with E-state index >= 15 is 0 Å².